The summed E-state index contributed by atoms with van der Waals surface area (Å²) in [5.74, 6) is 1.30. The van der Waals surface area contributed by atoms with E-state index in [1.54, 1.807) is 0 Å². The van der Waals surface area contributed by atoms with E-state index in [4.69, 9.17) is 0 Å². The van der Waals surface area contributed by atoms with Crippen LogP contribution in [0.25, 0.3) is 0 Å². The quantitative estimate of drug-likeness (QED) is 0.774. The van der Waals surface area contributed by atoms with E-state index >= 15 is 0 Å². The number of nitrogens with zero attached hydrogens (tertiary/aromatic N) is 2. The van der Waals surface area contributed by atoms with Crippen molar-refractivity contribution in [3.05, 3.63) is 0 Å². The molecule has 2 fully saturated rings. The topological polar surface area (TPSA) is 35.6 Å². The Labute approximate surface area is 104 Å². The Morgan fingerprint density at radius 1 is 1.35 bits per heavy atom. The number of hydrogen-bond donors (Lipinski definition) is 1. The van der Waals surface area contributed by atoms with E-state index in [1.165, 1.54) is 12.8 Å². The summed E-state index contributed by atoms with van der Waals surface area (Å²) in [4.78, 5) is 16.5. The number of hydrogen-bond acceptors (Lipinski definition) is 3. The van der Waals surface area contributed by atoms with Crippen molar-refractivity contribution in [3.8, 4) is 0 Å². The Morgan fingerprint density at radius 3 is 2.65 bits per heavy atom. The van der Waals surface area contributed by atoms with Crippen molar-refractivity contribution in [3.63, 3.8) is 0 Å². The number of likely N-dealkylation sites (tertiary alicyclic amines) is 1. The molecule has 0 aromatic carbocycles. The summed E-state index contributed by atoms with van der Waals surface area (Å²) in [6.45, 7) is 5.17. The van der Waals surface area contributed by atoms with Crippen LogP contribution in [-0.4, -0.2) is 62.5 Å². The minimum Gasteiger partial charge on any atom is -0.345 e. The van der Waals surface area contributed by atoms with Gasteiger partial charge in [0.25, 0.3) is 0 Å². The van der Waals surface area contributed by atoms with Gasteiger partial charge in [0, 0.05) is 20.1 Å². The smallest absolute Gasteiger partial charge is 0.226 e. The summed E-state index contributed by atoms with van der Waals surface area (Å²) < 4.78 is 0. The molecule has 1 amide bonds. The summed E-state index contributed by atoms with van der Waals surface area (Å²) in [7, 11) is 4.07. The molecule has 4 heteroatoms. The van der Waals surface area contributed by atoms with Gasteiger partial charge in [-0.25, -0.2) is 0 Å². The maximum atomic E-state index is 12.2. The van der Waals surface area contributed by atoms with E-state index in [-0.39, 0.29) is 5.92 Å². The van der Waals surface area contributed by atoms with Crippen molar-refractivity contribution < 1.29 is 4.79 Å². The van der Waals surface area contributed by atoms with Crippen molar-refractivity contribution in [2.45, 2.75) is 19.3 Å². The molecule has 17 heavy (non-hydrogen) atoms. The number of nitrogens with one attached hydrogen (secondary N) is 1. The third kappa shape index (κ3) is 3.42. The van der Waals surface area contributed by atoms with Crippen LogP contribution in [-0.2, 0) is 4.79 Å². The summed E-state index contributed by atoms with van der Waals surface area (Å²) in [5.41, 5.74) is 0. The molecule has 4 nitrogen and oxygen atoms in total. The number of rotatable bonds is 3. The van der Waals surface area contributed by atoms with Crippen LogP contribution in [0.15, 0.2) is 0 Å². The van der Waals surface area contributed by atoms with Crippen LogP contribution in [0.2, 0.25) is 0 Å². The minimum atomic E-state index is 0.242. The molecule has 1 atom stereocenters. The SMILES string of the molecule is CN1CCC(C(=O)N(C)CC2CCNCC2)C1. The fraction of sp³-hybridized carbons (Fsp3) is 0.923. The highest BCUT2D eigenvalue weighted by molar-refractivity contribution is 5.79. The molecule has 2 rings (SSSR count). The highest BCUT2D eigenvalue weighted by Gasteiger charge is 2.29. The van der Waals surface area contributed by atoms with Gasteiger partial charge in [-0.2, -0.15) is 0 Å². The molecule has 0 saturated carbocycles. The van der Waals surface area contributed by atoms with Gasteiger partial charge in [0.15, 0.2) is 0 Å². The number of amides is 1. The second kappa shape index (κ2) is 5.83. The van der Waals surface area contributed by atoms with E-state index < -0.39 is 0 Å². The summed E-state index contributed by atoms with van der Waals surface area (Å²) in [5, 5.41) is 3.37. The van der Waals surface area contributed by atoms with Crippen LogP contribution in [0.4, 0.5) is 0 Å². The average molecular weight is 239 g/mol. The minimum absolute atomic E-state index is 0.242. The molecule has 0 aromatic rings. The normalized spacial score (nSPS) is 27.3. The van der Waals surface area contributed by atoms with Crippen LogP contribution in [0.5, 0.6) is 0 Å². The third-order valence-corrected chi connectivity index (χ3v) is 4.11. The molecule has 0 bridgehead atoms. The Bertz CT molecular complexity index is 263. The van der Waals surface area contributed by atoms with Crippen molar-refractivity contribution in [1.82, 2.24) is 15.1 Å². The van der Waals surface area contributed by atoms with Crippen LogP contribution < -0.4 is 5.32 Å². The second-order valence-corrected chi connectivity index (χ2v) is 5.66. The molecule has 0 spiro atoms. The largest absolute Gasteiger partial charge is 0.345 e. The molecular formula is C13H25N3O. The van der Waals surface area contributed by atoms with Gasteiger partial charge in [-0.3, -0.25) is 4.79 Å². The molecule has 98 valence electrons. The van der Waals surface area contributed by atoms with Gasteiger partial charge in [0.05, 0.1) is 5.92 Å². The van der Waals surface area contributed by atoms with Gasteiger partial charge in [-0.15, -0.1) is 0 Å². The molecule has 2 aliphatic rings. The van der Waals surface area contributed by atoms with Crippen molar-refractivity contribution in [2.24, 2.45) is 11.8 Å². The maximum Gasteiger partial charge on any atom is 0.226 e. The van der Waals surface area contributed by atoms with Crippen molar-refractivity contribution in [1.29, 1.82) is 0 Å². The van der Waals surface area contributed by atoms with Gasteiger partial charge in [0.1, 0.15) is 0 Å². The Kier molecular flexibility index (Phi) is 4.40. The van der Waals surface area contributed by atoms with E-state index in [9.17, 15) is 4.79 Å². The predicted molar refractivity (Wildman–Crippen MR) is 68.8 cm³/mol. The van der Waals surface area contributed by atoms with Crippen LogP contribution in [0.1, 0.15) is 19.3 Å². The van der Waals surface area contributed by atoms with Gasteiger partial charge in [-0.05, 0) is 51.9 Å². The molecule has 0 radical (unpaired) electrons. The zero-order chi connectivity index (χ0) is 12.3. The first kappa shape index (κ1) is 12.8. The molecular weight excluding hydrogens is 214 g/mol. The highest BCUT2D eigenvalue weighted by Crippen LogP contribution is 2.19. The summed E-state index contributed by atoms with van der Waals surface area (Å²) >= 11 is 0. The lowest BCUT2D eigenvalue weighted by atomic mass is 9.97. The first-order valence-corrected chi connectivity index (χ1v) is 6.81. The number of carbonyl (C=O) groups excluding carboxylic acids is 1. The van der Waals surface area contributed by atoms with E-state index in [0.717, 1.165) is 39.1 Å². The molecule has 0 aromatic heterocycles. The summed E-state index contributed by atoms with van der Waals surface area (Å²) in [6, 6.07) is 0. The van der Waals surface area contributed by atoms with E-state index in [1.807, 2.05) is 11.9 Å². The molecule has 2 saturated heterocycles. The van der Waals surface area contributed by atoms with Gasteiger partial charge < -0.3 is 15.1 Å². The Morgan fingerprint density at radius 2 is 2.06 bits per heavy atom. The standard InChI is InChI=1S/C13H25N3O/c1-15-8-5-12(10-15)13(17)16(2)9-11-3-6-14-7-4-11/h11-12,14H,3-10H2,1-2H3. The van der Waals surface area contributed by atoms with Crippen molar-refractivity contribution >= 4 is 5.91 Å². The first-order valence-electron chi connectivity index (χ1n) is 6.81. The Hall–Kier alpha value is -0.610. The molecule has 2 aliphatic heterocycles. The lowest BCUT2D eigenvalue weighted by Crippen LogP contribution is -2.40. The lowest BCUT2D eigenvalue weighted by Gasteiger charge is -2.29. The monoisotopic (exact) mass is 239 g/mol. The third-order valence-electron chi connectivity index (χ3n) is 4.11. The first-order chi connectivity index (χ1) is 8.16. The zero-order valence-electron chi connectivity index (χ0n) is 11.1. The van der Waals surface area contributed by atoms with E-state index in [2.05, 4.69) is 17.3 Å². The fourth-order valence-electron chi connectivity index (χ4n) is 2.99. The average Bonchev–Trinajstić information content (AvgIpc) is 2.76. The predicted octanol–water partition coefficient (Wildman–Crippen LogP) is 0.396. The fourth-order valence-corrected chi connectivity index (χ4v) is 2.99. The van der Waals surface area contributed by atoms with E-state index in [0.29, 0.717) is 11.8 Å². The lowest BCUT2D eigenvalue weighted by molar-refractivity contribution is -0.134. The Balaban J connectivity index is 1.78. The maximum absolute atomic E-state index is 12.2. The molecule has 1 unspecified atom stereocenters. The van der Waals surface area contributed by atoms with Crippen molar-refractivity contribution in [2.75, 3.05) is 46.8 Å². The second-order valence-electron chi connectivity index (χ2n) is 5.66. The molecule has 0 aliphatic carbocycles. The highest BCUT2D eigenvalue weighted by atomic mass is 16.2. The van der Waals surface area contributed by atoms with Gasteiger partial charge in [-0.1, -0.05) is 0 Å². The van der Waals surface area contributed by atoms with Crippen LogP contribution in [0.3, 0.4) is 0 Å². The van der Waals surface area contributed by atoms with Crippen LogP contribution >= 0.6 is 0 Å². The number of piperidine rings is 1. The van der Waals surface area contributed by atoms with Gasteiger partial charge >= 0.3 is 0 Å². The summed E-state index contributed by atoms with van der Waals surface area (Å²) in [6.07, 6.45) is 3.45. The number of carbonyl (C=O) groups is 1. The molecule has 2 heterocycles. The van der Waals surface area contributed by atoms with Crippen LogP contribution in [0, 0.1) is 11.8 Å². The zero-order valence-corrected chi connectivity index (χ0v) is 11.1. The molecule has 1 N–H and O–H groups in total. The van der Waals surface area contributed by atoms with Gasteiger partial charge in [0.2, 0.25) is 5.91 Å².